The van der Waals surface area contributed by atoms with E-state index < -0.39 is 5.97 Å². The van der Waals surface area contributed by atoms with E-state index in [-0.39, 0.29) is 24.4 Å². The van der Waals surface area contributed by atoms with Crippen LogP contribution in [0.1, 0.15) is 25.5 Å². The molecule has 2 heterocycles. The van der Waals surface area contributed by atoms with Crippen LogP contribution in [0.3, 0.4) is 0 Å². The average molecular weight is 281 g/mol. The summed E-state index contributed by atoms with van der Waals surface area (Å²) < 4.78 is 1.23. The molecule has 0 aromatic carbocycles. The maximum atomic E-state index is 12.3. The zero-order chi connectivity index (χ0) is 14.6. The number of aromatic nitrogens is 3. The van der Waals surface area contributed by atoms with Gasteiger partial charge < -0.3 is 15.7 Å². The molecule has 1 aromatic rings. The molecule has 20 heavy (non-hydrogen) atoms. The SMILES string of the molecule is CCC1(C(=O)NCc2cn(CC(=O)O)nn2)CCNC1. The van der Waals surface area contributed by atoms with Crippen molar-refractivity contribution in [3.05, 3.63) is 11.9 Å². The smallest absolute Gasteiger partial charge is 0.325 e. The molecule has 1 unspecified atom stereocenters. The number of hydrogen-bond donors (Lipinski definition) is 3. The molecule has 0 bridgehead atoms. The number of hydrogen-bond acceptors (Lipinski definition) is 5. The van der Waals surface area contributed by atoms with Crippen molar-refractivity contribution in [1.29, 1.82) is 0 Å². The van der Waals surface area contributed by atoms with E-state index in [4.69, 9.17) is 5.11 Å². The second kappa shape index (κ2) is 6.00. The van der Waals surface area contributed by atoms with Crippen molar-refractivity contribution in [3.63, 3.8) is 0 Å². The standard InChI is InChI=1S/C12H19N5O3/c1-2-12(3-4-13-8-12)11(20)14-5-9-6-17(16-15-9)7-10(18)19/h6,13H,2-5,7-8H2,1H3,(H,14,20)(H,18,19). The lowest BCUT2D eigenvalue weighted by Crippen LogP contribution is -2.41. The molecule has 110 valence electrons. The molecule has 0 aliphatic carbocycles. The first-order valence-electron chi connectivity index (χ1n) is 6.65. The number of nitrogens with one attached hydrogen (secondary N) is 2. The quantitative estimate of drug-likeness (QED) is 0.640. The van der Waals surface area contributed by atoms with Gasteiger partial charge in [-0.15, -0.1) is 5.10 Å². The van der Waals surface area contributed by atoms with E-state index in [0.29, 0.717) is 12.2 Å². The summed E-state index contributed by atoms with van der Waals surface area (Å²) in [4.78, 5) is 22.8. The summed E-state index contributed by atoms with van der Waals surface area (Å²) in [5.74, 6) is -0.967. The van der Waals surface area contributed by atoms with Gasteiger partial charge in [0.2, 0.25) is 5.91 Å². The first kappa shape index (κ1) is 14.4. The van der Waals surface area contributed by atoms with Gasteiger partial charge >= 0.3 is 5.97 Å². The van der Waals surface area contributed by atoms with Crippen LogP contribution in [0.25, 0.3) is 0 Å². The predicted octanol–water partition coefficient (Wildman–Crippen LogP) is -0.631. The summed E-state index contributed by atoms with van der Waals surface area (Å²) in [6.07, 6.45) is 3.15. The molecule has 0 spiro atoms. The maximum Gasteiger partial charge on any atom is 0.325 e. The van der Waals surface area contributed by atoms with Crippen LogP contribution in [-0.4, -0.2) is 45.1 Å². The highest BCUT2D eigenvalue weighted by molar-refractivity contribution is 5.83. The molecule has 1 atom stereocenters. The predicted molar refractivity (Wildman–Crippen MR) is 69.7 cm³/mol. The number of carboxylic acids is 1. The van der Waals surface area contributed by atoms with Gasteiger partial charge in [0.1, 0.15) is 12.2 Å². The molecule has 1 saturated heterocycles. The van der Waals surface area contributed by atoms with Gasteiger partial charge in [-0.05, 0) is 19.4 Å². The zero-order valence-electron chi connectivity index (χ0n) is 11.4. The summed E-state index contributed by atoms with van der Waals surface area (Å²) in [6, 6.07) is 0. The van der Waals surface area contributed by atoms with Crippen molar-refractivity contribution in [1.82, 2.24) is 25.6 Å². The molecule has 3 N–H and O–H groups in total. The molecule has 0 radical (unpaired) electrons. The van der Waals surface area contributed by atoms with Gasteiger partial charge in [0.15, 0.2) is 0 Å². The minimum atomic E-state index is -0.979. The van der Waals surface area contributed by atoms with Crippen molar-refractivity contribution in [2.45, 2.75) is 32.9 Å². The van der Waals surface area contributed by atoms with Crippen molar-refractivity contribution in [2.24, 2.45) is 5.41 Å². The molecule has 1 aromatic heterocycles. The van der Waals surface area contributed by atoms with Crippen LogP contribution in [0.5, 0.6) is 0 Å². The van der Waals surface area contributed by atoms with Crippen LogP contribution >= 0.6 is 0 Å². The Kier molecular flexibility index (Phi) is 4.33. The summed E-state index contributed by atoms with van der Waals surface area (Å²) in [5.41, 5.74) is 0.216. The lowest BCUT2D eigenvalue weighted by Gasteiger charge is -2.24. The van der Waals surface area contributed by atoms with Crippen molar-refractivity contribution in [2.75, 3.05) is 13.1 Å². The van der Waals surface area contributed by atoms with Crippen molar-refractivity contribution in [3.8, 4) is 0 Å². The minimum Gasteiger partial charge on any atom is -0.480 e. The van der Waals surface area contributed by atoms with Crippen LogP contribution in [-0.2, 0) is 22.7 Å². The number of carbonyl (C=O) groups excluding carboxylic acids is 1. The largest absolute Gasteiger partial charge is 0.480 e. The van der Waals surface area contributed by atoms with Gasteiger partial charge in [-0.3, -0.25) is 9.59 Å². The maximum absolute atomic E-state index is 12.3. The Morgan fingerprint density at radius 3 is 3.00 bits per heavy atom. The molecule has 1 amide bonds. The summed E-state index contributed by atoms with van der Waals surface area (Å²) in [7, 11) is 0. The molecule has 8 nitrogen and oxygen atoms in total. The highest BCUT2D eigenvalue weighted by Crippen LogP contribution is 2.29. The molecule has 8 heteroatoms. The number of aliphatic carboxylic acids is 1. The Hall–Kier alpha value is -1.96. The number of carboxylic acid groups (broad SMARTS) is 1. The number of nitrogens with zero attached hydrogens (tertiary/aromatic N) is 3. The van der Waals surface area contributed by atoms with Crippen LogP contribution in [0.2, 0.25) is 0 Å². The van der Waals surface area contributed by atoms with Gasteiger partial charge in [-0.25, -0.2) is 4.68 Å². The first-order valence-corrected chi connectivity index (χ1v) is 6.65. The molecule has 1 aliphatic rings. The fourth-order valence-electron chi connectivity index (χ4n) is 2.39. The lowest BCUT2D eigenvalue weighted by atomic mass is 9.83. The Bertz CT molecular complexity index is 493. The lowest BCUT2D eigenvalue weighted by molar-refractivity contribution is -0.138. The monoisotopic (exact) mass is 281 g/mol. The highest BCUT2D eigenvalue weighted by Gasteiger charge is 2.39. The molecule has 0 saturated carbocycles. The minimum absolute atomic E-state index is 0.0118. The first-order chi connectivity index (χ1) is 9.55. The molecule has 2 rings (SSSR count). The van der Waals surface area contributed by atoms with Gasteiger partial charge in [0.05, 0.1) is 18.2 Å². The van der Waals surface area contributed by atoms with E-state index in [1.165, 1.54) is 10.9 Å². The summed E-state index contributed by atoms with van der Waals surface area (Å²) in [6.45, 7) is 3.59. The van der Waals surface area contributed by atoms with Crippen LogP contribution in [0.4, 0.5) is 0 Å². The summed E-state index contributed by atoms with van der Waals surface area (Å²) >= 11 is 0. The third-order valence-corrected chi connectivity index (χ3v) is 3.72. The van der Waals surface area contributed by atoms with E-state index in [1.807, 2.05) is 6.92 Å². The fraction of sp³-hybridized carbons (Fsp3) is 0.667. The van der Waals surface area contributed by atoms with E-state index >= 15 is 0 Å². The summed E-state index contributed by atoms with van der Waals surface area (Å²) in [5, 5.41) is 22.2. The van der Waals surface area contributed by atoms with E-state index in [0.717, 1.165) is 19.4 Å². The number of carbonyl (C=O) groups is 2. The molecular weight excluding hydrogens is 262 g/mol. The van der Waals surface area contributed by atoms with Crippen molar-refractivity contribution < 1.29 is 14.7 Å². The second-order valence-electron chi connectivity index (χ2n) is 5.04. The number of rotatable bonds is 6. The van der Waals surface area contributed by atoms with E-state index in [2.05, 4.69) is 20.9 Å². The Labute approximate surface area is 116 Å². The van der Waals surface area contributed by atoms with Gasteiger partial charge in [0, 0.05) is 6.54 Å². The molecule has 1 aliphatic heterocycles. The Morgan fingerprint density at radius 2 is 2.40 bits per heavy atom. The third-order valence-electron chi connectivity index (χ3n) is 3.72. The Balaban J connectivity index is 1.89. The zero-order valence-corrected chi connectivity index (χ0v) is 11.4. The second-order valence-corrected chi connectivity index (χ2v) is 5.04. The van der Waals surface area contributed by atoms with Crippen LogP contribution in [0.15, 0.2) is 6.20 Å². The van der Waals surface area contributed by atoms with Gasteiger partial charge in [-0.2, -0.15) is 0 Å². The molecular formula is C12H19N5O3. The van der Waals surface area contributed by atoms with Gasteiger partial charge in [-0.1, -0.05) is 12.1 Å². The van der Waals surface area contributed by atoms with Crippen LogP contribution in [0, 0.1) is 5.41 Å². The number of amides is 1. The van der Waals surface area contributed by atoms with Gasteiger partial charge in [0.25, 0.3) is 0 Å². The van der Waals surface area contributed by atoms with Crippen LogP contribution < -0.4 is 10.6 Å². The topological polar surface area (TPSA) is 109 Å². The third kappa shape index (κ3) is 3.13. The molecule has 1 fully saturated rings. The van der Waals surface area contributed by atoms with E-state index in [1.54, 1.807) is 0 Å². The highest BCUT2D eigenvalue weighted by atomic mass is 16.4. The van der Waals surface area contributed by atoms with E-state index in [9.17, 15) is 9.59 Å². The normalized spacial score (nSPS) is 21.9. The Morgan fingerprint density at radius 1 is 1.60 bits per heavy atom. The fourth-order valence-corrected chi connectivity index (χ4v) is 2.39. The average Bonchev–Trinajstić information content (AvgIpc) is 3.05. The van der Waals surface area contributed by atoms with Crippen molar-refractivity contribution >= 4 is 11.9 Å².